The summed E-state index contributed by atoms with van der Waals surface area (Å²) in [4.78, 5) is 0. The van der Waals surface area contributed by atoms with Crippen molar-refractivity contribution in [2.75, 3.05) is 0 Å². The molecule has 0 aliphatic rings. The first-order valence-corrected chi connectivity index (χ1v) is 3.84. The van der Waals surface area contributed by atoms with Crippen molar-refractivity contribution in [3.05, 3.63) is 41.1 Å². The van der Waals surface area contributed by atoms with Crippen LogP contribution in [-0.2, 0) is 5.40 Å². The van der Waals surface area contributed by atoms with Crippen LogP contribution in [0.15, 0.2) is 30.3 Å². The molecule has 0 heterocycles. The fraction of sp³-hybridized carbons (Fsp3) is 0.143. The summed E-state index contributed by atoms with van der Waals surface area (Å²) >= 11 is 0. The summed E-state index contributed by atoms with van der Waals surface area (Å²) in [5.74, 6) is 0. The maximum absolute atomic E-state index is 10.5. The van der Waals surface area contributed by atoms with Crippen molar-refractivity contribution in [3.63, 3.8) is 0 Å². The largest absolute Gasteiger partial charge is 1.00 e. The highest BCUT2D eigenvalue weighted by Gasteiger charge is 2.19. The lowest BCUT2D eigenvalue weighted by atomic mass is 10.2. The fourth-order valence-electron chi connectivity index (χ4n) is 0.795. The molecule has 0 aromatic heterocycles. The molecule has 5 heteroatoms. The average molecular weight is 297 g/mol. The third-order valence-electron chi connectivity index (χ3n) is 1.47. The lowest BCUT2D eigenvalue weighted by Crippen LogP contribution is -3.00. The van der Waals surface area contributed by atoms with Gasteiger partial charge in [-0.15, -0.1) is 0 Å². The molecule has 68 valence electrons. The molecular formula is C7H11IN2OP-. The van der Waals surface area contributed by atoms with Crippen LogP contribution in [0.2, 0.25) is 0 Å². The van der Waals surface area contributed by atoms with E-state index in [1.165, 1.54) is 0 Å². The molecule has 0 radical (unpaired) electrons. The van der Waals surface area contributed by atoms with E-state index in [1.54, 1.807) is 0 Å². The molecule has 12 heavy (non-hydrogen) atoms. The Bertz CT molecular complexity index is 230. The van der Waals surface area contributed by atoms with Gasteiger partial charge in [0.15, 0.2) is 5.40 Å². The van der Waals surface area contributed by atoms with E-state index < -0.39 is 5.40 Å². The van der Waals surface area contributed by atoms with Crippen molar-refractivity contribution in [1.29, 1.82) is 0 Å². The quantitative estimate of drug-likeness (QED) is 0.260. The zero-order chi connectivity index (χ0) is 8.32. The van der Waals surface area contributed by atoms with Crippen LogP contribution in [0.5, 0.6) is 0 Å². The van der Waals surface area contributed by atoms with E-state index in [1.807, 2.05) is 30.3 Å². The third kappa shape index (κ3) is 2.95. The number of benzene rings is 1. The zero-order valence-corrected chi connectivity index (χ0v) is 9.72. The van der Waals surface area contributed by atoms with Gasteiger partial charge in [0.1, 0.15) is 0 Å². The van der Waals surface area contributed by atoms with Gasteiger partial charge in [0.2, 0.25) is 0 Å². The Hall–Kier alpha value is 0.260. The summed E-state index contributed by atoms with van der Waals surface area (Å²) in [5.41, 5.74) is 7.15. The van der Waals surface area contributed by atoms with E-state index in [4.69, 9.17) is 5.73 Å². The predicted molar refractivity (Wildman–Crippen MR) is 47.3 cm³/mol. The molecule has 2 unspecified atom stereocenters. The number of hydrogen-bond acceptors (Lipinski definition) is 2. The van der Waals surface area contributed by atoms with E-state index in [0.29, 0.717) is 5.48 Å². The summed E-state index contributed by atoms with van der Waals surface area (Å²) in [7, 11) is 2.32. The molecule has 0 aliphatic carbocycles. The van der Waals surface area contributed by atoms with E-state index >= 15 is 0 Å². The van der Waals surface area contributed by atoms with Crippen LogP contribution in [0.1, 0.15) is 5.56 Å². The molecule has 4 N–H and O–H groups in total. The van der Waals surface area contributed by atoms with Crippen LogP contribution in [0.25, 0.3) is 0 Å². The minimum Gasteiger partial charge on any atom is -1.00 e. The second-order valence-corrected chi connectivity index (χ2v) is 3.37. The monoisotopic (exact) mass is 297 g/mol. The van der Waals surface area contributed by atoms with E-state index in [-0.39, 0.29) is 24.0 Å². The van der Waals surface area contributed by atoms with Crippen molar-refractivity contribution < 1.29 is 29.5 Å². The van der Waals surface area contributed by atoms with Crippen LogP contribution in [0.3, 0.4) is 0 Å². The van der Waals surface area contributed by atoms with Gasteiger partial charge in [-0.05, 0) is 9.24 Å². The molecule has 0 spiro atoms. The van der Waals surface area contributed by atoms with Gasteiger partial charge in [0.05, 0.1) is 0 Å². The molecule has 1 aromatic carbocycles. The normalized spacial score (nSPS) is 14.6. The molecule has 0 fully saturated rings. The summed E-state index contributed by atoms with van der Waals surface area (Å²) < 4.78 is 0. The van der Waals surface area contributed by atoms with Crippen molar-refractivity contribution >= 4 is 9.24 Å². The summed E-state index contributed by atoms with van der Waals surface area (Å²) in [6.45, 7) is 0. The van der Waals surface area contributed by atoms with Gasteiger partial charge in [-0.3, -0.25) is 5.73 Å². The highest BCUT2D eigenvalue weighted by molar-refractivity contribution is 7.17. The molecule has 0 saturated heterocycles. The van der Waals surface area contributed by atoms with Crippen molar-refractivity contribution in [2.24, 2.45) is 5.73 Å². The van der Waals surface area contributed by atoms with Crippen LogP contribution in [0, 0.1) is 5.21 Å². The summed E-state index contributed by atoms with van der Waals surface area (Å²) in [6.07, 6.45) is 0. The SMILES string of the molecule is NC(P)([NH2+][O-])c1ccccc1.[I-]. The van der Waals surface area contributed by atoms with Gasteiger partial charge in [-0.2, -0.15) is 0 Å². The maximum Gasteiger partial charge on any atom is 0.184 e. The molecule has 2 atom stereocenters. The number of nitrogens with two attached hydrogens (primary N) is 2. The Balaban J connectivity index is 0.00000121. The Morgan fingerprint density at radius 3 is 2.25 bits per heavy atom. The molecule has 0 bridgehead atoms. The van der Waals surface area contributed by atoms with Crippen LogP contribution in [0.4, 0.5) is 0 Å². The molecule has 0 amide bonds. The molecule has 0 saturated carbocycles. The number of halogens is 1. The number of hydrogen-bond donors (Lipinski definition) is 2. The Labute approximate surface area is 90.9 Å². The first-order valence-electron chi connectivity index (χ1n) is 3.26. The van der Waals surface area contributed by atoms with Crippen LogP contribution >= 0.6 is 9.24 Å². The van der Waals surface area contributed by atoms with E-state index in [0.717, 1.165) is 5.56 Å². The minimum atomic E-state index is -0.929. The van der Waals surface area contributed by atoms with Crippen molar-refractivity contribution in [1.82, 2.24) is 0 Å². The van der Waals surface area contributed by atoms with Gasteiger partial charge in [0, 0.05) is 5.56 Å². The predicted octanol–water partition coefficient (Wildman–Crippen LogP) is -3.30. The Morgan fingerprint density at radius 1 is 1.33 bits per heavy atom. The van der Waals surface area contributed by atoms with E-state index in [2.05, 4.69) is 9.24 Å². The highest BCUT2D eigenvalue weighted by Crippen LogP contribution is 2.16. The number of rotatable bonds is 2. The standard InChI is InChI=1S/C7H11N2OP.HI/c8-7(11,9-10)6-4-2-1-3-5-6;/h1-5H,8-9,11H2;1H/p-1. The maximum atomic E-state index is 10.5. The van der Waals surface area contributed by atoms with Gasteiger partial charge in [-0.25, -0.2) is 0 Å². The molecule has 1 aromatic rings. The molecule has 0 aliphatic heterocycles. The van der Waals surface area contributed by atoms with Crippen LogP contribution < -0.4 is 35.2 Å². The lowest BCUT2D eigenvalue weighted by molar-refractivity contribution is -0.650. The first kappa shape index (κ1) is 12.3. The second-order valence-electron chi connectivity index (χ2n) is 2.42. The number of quaternary nitrogens is 1. The smallest absolute Gasteiger partial charge is 0.184 e. The van der Waals surface area contributed by atoms with Crippen molar-refractivity contribution in [3.8, 4) is 0 Å². The lowest BCUT2D eigenvalue weighted by Gasteiger charge is -2.24. The zero-order valence-electron chi connectivity index (χ0n) is 6.41. The molecule has 1 rings (SSSR count). The van der Waals surface area contributed by atoms with Gasteiger partial charge < -0.3 is 34.7 Å². The first-order chi connectivity index (χ1) is 5.17. The van der Waals surface area contributed by atoms with Gasteiger partial charge in [0.25, 0.3) is 0 Å². The third-order valence-corrected chi connectivity index (χ3v) is 1.94. The second kappa shape index (κ2) is 5.09. The summed E-state index contributed by atoms with van der Waals surface area (Å²) in [6, 6.07) is 9.23. The fourth-order valence-corrected chi connectivity index (χ4v) is 0.987. The van der Waals surface area contributed by atoms with Crippen LogP contribution in [-0.4, -0.2) is 0 Å². The average Bonchev–Trinajstić information content (AvgIpc) is 2.06. The highest BCUT2D eigenvalue weighted by atomic mass is 127. The topological polar surface area (TPSA) is 65.7 Å². The van der Waals surface area contributed by atoms with Gasteiger partial charge >= 0.3 is 0 Å². The Morgan fingerprint density at radius 2 is 1.83 bits per heavy atom. The van der Waals surface area contributed by atoms with E-state index in [9.17, 15) is 5.21 Å². The van der Waals surface area contributed by atoms with Crippen molar-refractivity contribution in [2.45, 2.75) is 5.40 Å². The molecule has 3 nitrogen and oxygen atoms in total. The Kier molecular flexibility index (Phi) is 5.20. The minimum absolute atomic E-state index is 0. The van der Waals surface area contributed by atoms with Gasteiger partial charge in [-0.1, -0.05) is 30.3 Å². The summed E-state index contributed by atoms with van der Waals surface area (Å²) in [5, 5.41) is 9.55. The molecular weight excluding hydrogens is 286 g/mol. The number of hydroxylamine groups is 1.